The number of rotatable bonds is 35. The van der Waals surface area contributed by atoms with Gasteiger partial charge in [-0.25, -0.2) is 4.79 Å². The van der Waals surface area contributed by atoms with Crippen LogP contribution in [0, 0.1) is 0 Å². The van der Waals surface area contributed by atoms with Crippen LogP contribution < -0.4 is 0 Å². The number of carbonyl (C=O) groups excluding carboxylic acids is 2. The van der Waals surface area contributed by atoms with Crippen molar-refractivity contribution in [1.82, 2.24) is 0 Å². The lowest BCUT2D eigenvalue weighted by Crippen LogP contribution is -2.50. The number of hydrogen-bond donors (Lipinski definition) is 1. The fourth-order valence-corrected chi connectivity index (χ4v) is 5.79. The Bertz CT molecular complexity index is 808. The largest absolute Gasteiger partial charge is 0.477 e. The molecule has 0 aromatic rings. The fourth-order valence-electron chi connectivity index (χ4n) is 5.79. The molecule has 0 fully saturated rings. The highest BCUT2D eigenvalue weighted by atomic mass is 16.6. The van der Waals surface area contributed by atoms with Gasteiger partial charge < -0.3 is 23.8 Å². The number of carboxylic acid groups (broad SMARTS) is 1. The highest BCUT2D eigenvalue weighted by Crippen LogP contribution is 2.14. The third-order valence-electron chi connectivity index (χ3n) is 8.91. The van der Waals surface area contributed by atoms with E-state index in [1.54, 1.807) is 0 Å². The number of allylic oxidation sites excluding steroid dienone is 2. The zero-order valence-corrected chi connectivity index (χ0v) is 32.0. The van der Waals surface area contributed by atoms with Gasteiger partial charge in [-0.3, -0.25) is 9.59 Å². The minimum atomic E-state index is -0.877. The van der Waals surface area contributed by atoms with E-state index in [0.29, 0.717) is 19.3 Å². The molecule has 0 aliphatic rings. The molecule has 0 rings (SSSR count). The standard InChI is InChI=1S/C40H75NO7/c1-6-8-10-11-12-13-14-15-16-17-18-19-20-21-22-23-24-25-26-27-29-31-39(43)48-36(35-47-38(42)30-28-9-7-2)34-46-33-32-37(40(44)45)41(3,4)5/h17-18,36-37H,6-16,19-35H2,1-5H3/p+1/b18-17-. The SMILES string of the molecule is CCCCCCCCCC/C=C\CCCCCCCCCCCC(=O)OC(COCCC(C(=O)O)[N+](C)(C)C)COC(=O)CCCCC. The average molecular weight is 683 g/mol. The lowest BCUT2D eigenvalue weighted by Gasteiger charge is -2.31. The van der Waals surface area contributed by atoms with Gasteiger partial charge in [0.1, 0.15) is 6.61 Å². The first-order valence-electron chi connectivity index (χ1n) is 19.7. The molecule has 0 aromatic heterocycles. The van der Waals surface area contributed by atoms with Gasteiger partial charge in [-0.1, -0.05) is 129 Å². The number of likely N-dealkylation sites (N-methyl/N-ethyl adjacent to an activating group) is 1. The van der Waals surface area contributed by atoms with Crippen molar-refractivity contribution in [3.8, 4) is 0 Å². The van der Waals surface area contributed by atoms with Gasteiger partial charge in [-0.05, 0) is 38.5 Å². The van der Waals surface area contributed by atoms with Crippen LogP contribution in [-0.4, -0.2) is 80.6 Å². The highest BCUT2D eigenvalue weighted by Gasteiger charge is 2.31. The van der Waals surface area contributed by atoms with Crippen molar-refractivity contribution in [3.05, 3.63) is 12.2 Å². The van der Waals surface area contributed by atoms with Crippen molar-refractivity contribution in [1.29, 1.82) is 0 Å². The van der Waals surface area contributed by atoms with Crippen LogP contribution >= 0.6 is 0 Å². The first kappa shape index (κ1) is 46.1. The first-order chi connectivity index (χ1) is 23.1. The maximum atomic E-state index is 12.6. The van der Waals surface area contributed by atoms with Crippen LogP contribution in [0.25, 0.3) is 0 Å². The zero-order valence-electron chi connectivity index (χ0n) is 32.0. The van der Waals surface area contributed by atoms with Crippen molar-refractivity contribution in [2.24, 2.45) is 0 Å². The van der Waals surface area contributed by atoms with E-state index in [-0.39, 0.29) is 36.2 Å². The van der Waals surface area contributed by atoms with Crippen LogP contribution in [0.4, 0.5) is 0 Å². The van der Waals surface area contributed by atoms with Crippen LogP contribution in [0.1, 0.15) is 174 Å². The molecule has 48 heavy (non-hydrogen) atoms. The monoisotopic (exact) mass is 683 g/mol. The number of carbonyl (C=O) groups is 3. The zero-order chi connectivity index (χ0) is 35.7. The molecule has 8 nitrogen and oxygen atoms in total. The normalized spacial score (nSPS) is 13.1. The summed E-state index contributed by atoms with van der Waals surface area (Å²) in [5.41, 5.74) is 0. The predicted molar refractivity (Wildman–Crippen MR) is 197 cm³/mol. The molecular formula is C40H76NO7+. The Kier molecular flexibility index (Phi) is 31.0. The number of unbranched alkanes of at least 4 members (excludes halogenated alkanes) is 19. The summed E-state index contributed by atoms with van der Waals surface area (Å²) in [6, 6.07) is -0.608. The minimum Gasteiger partial charge on any atom is -0.477 e. The third kappa shape index (κ3) is 30.2. The molecule has 0 saturated heterocycles. The number of hydrogen-bond acceptors (Lipinski definition) is 6. The topological polar surface area (TPSA) is 99.1 Å². The average Bonchev–Trinajstić information content (AvgIpc) is 3.03. The Balaban J connectivity index is 4.05. The van der Waals surface area contributed by atoms with Gasteiger partial charge in [0.05, 0.1) is 34.4 Å². The smallest absolute Gasteiger partial charge is 0.362 e. The van der Waals surface area contributed by atoms with Crippen LogP contribution in [0.2, 0.25) is 0 Å². The Hall–Kier alpha value is -1.93. The van der Waals surface area contributed by atoms with E-state index in [2.05, 4.69) is 26.0 Å². The minimum absolute atomic E-state index is 0.0516. The van der Waals surface area contributed by atoms with Gasteiger partial charge in [0.2, 0.25) is 0 Å². The van der Waals surface area contributed by atoms with Gasteiger partial charge in [-0.15, -0.1) is 0 Å². The second-order valence-corrected chi connectivity index (χ2v) is 14.5. The molecule has 1 N–H and O–H groups in total. The second-order valence-electron chi connectivity index (χ2n) is 14.5. The van der Waals surface area contributed by atoms with E-state index >= 15 is 0 Å². The van der Waals surface area contributed by atoms with Gasteiger partial charge in [-0.2, -0.15) is 0 Å². The fraction of sp³-hybridized carbons (Fsp3) is 0.875. The molecule has 2 atom stereocenters. The summed E-state index contributed by atoms with van der Waals surface area (Å²) < 4.78 is 17.0. The second kappa shape index (κ2) is 32.3. The molecule has 0 bridgehead atoms. The molecule has 0 aliphatic carbocycles. The number of esters is 2. The summed E-state index contributed by atoms with van der Waals surface area (Å²) >= 11 is 0. The lowest BCUT2D eigenvalue weighted by molar-refractivity contribution is -0.887. The number of ether oxygens (including phenoxy) is 3. The van der Waals surface area contributed by atoms with E-state index in [0.717, 1.165) is 38.5 Å². The van der Waals surface area contributed by atoms with Gasteiger partial charge in [0.25, 0.3) is 0 Å². The molecule has 0 aromatic carbocycles. The number of quaternary nitrogens is 1. The van der Waals surface area contributed by atoms with E-state index in [1.165, 1.54) is 103 Å². The van der Waals surface area contributed by atoms with Crippen LogP contribution in [0.15, 0.2) is 12.2 Å². The molecular weight excluding hydrogens is 606 g/mol. The predicted octanol–water partition coefficient (Wildman–Crippen LogP) is 9.97. The van der Waals surface area contributed by atoms with E-state index in [1.807, 2.05) is 21.1 Å². The summed E-state index contributed by atoms with van der Waals surface area (Å²) in [6.45, 7) is 4.57. The summed E-state index contributed by atoms with van der Waals surface area (Å²) in [6.07, 6.45) is 31.9. The van der Waals surface area contributed by atoms with Gasteiger partial charge in [0.15, 0.2) is 12.1 Å². The highest BCUT2D eigenvalue weighted by molar-refractivity contribution is 5.72. The molecule has 8 heteroatoms. The van der Waals surface area contributed by atoms with Crippen molar-refractivity contribution in [2.45, 2.75) is 187 Å². The van der Waals surface area contributed by atoms with Crippen molar-refractivity contribution in [3.63, 3.8) is 0 Å². The summed E-state index contributed by atoms with van der Waals surface area (Å²) in [7, 11) is 5.50. The van der Waals surface area contributed by atoms with E-state index in [9.17, 15) is 19.5 Å². The van der Waals surface area contributed by atoms with Crippen LogP contribution in [0.3, 0.4) is 0 Å². The van der Waals surface area contributed by atoms with Crippen molar-refractivity contribution >= 4 is 17.9 Å². The molecule has 0 heterocycles. The quantitative estimate of drug-likeness (QED) is 0.0307. The molecule has 2 unspecified atom stereocenters. The summed E-state index contributed by atoms with van der Waals surface area (Å²) in [5, 5.41) is 9.53. The van der Waals surface area contributed by atoms with E-state index in [4.69, 9.17) is 14.2 Å². The molecule has 0 radical (unpaired) electrons. The number of carboxylic acids is 1. The van der Waals surface area contributed by atoms with Crippen LogP contribution in [0.5, 0.6) is 0 Å². The summed E-state index contributed by atoms with van der Waals surface area (Å²) in [5.74, 6) is -1.49. The molecule has 282 valence electrons. The molecule has 0 saturated carbocycles. The third-order valence-corrected chi connectivity index (χ3v) is 8.91. The van der Waals surface area contributed by atoms with Gasteiger partial charge in [0, 0.05) is 19.3 Å². The summed E-state index contributed by atoms with van der Waals surface area (Å²) in [4.78, 5) is 36.3. The maximum absolute atomic E-state index is 12.6. The Labute approximate surface area is 295 Å². The van der Waals surface area contributed by atoms with Crippen molar-refractivity contribution < 1.29 is 38.2 Å². The number of aliphatic carboxylic acids is 1. The van der Waals surface area contributed by atoms with Gasteiger partial charge >= 0.3 is 17.9 Å². The lowest BCUT2D eigenvalue weighted by atomic mass is 10.1. The van der Waals surface area contributed by atoms with Crippen molar-refractivity contribution in [2.75, 3.05) is 41.0 Å². The Morgan fingerprint density at radius 1 is 0.604 bits per heavy atom. The first-order valence-corrected chi connectivity index (χ1v) is 19.7. The van der Waals surface area contributed by atoms with Crippen LogP contribution in [-0.2, 0) is 28.6 Å². The molecule has 0 aliphatic heterocycles. The molecule has 0 amide bonds. The Morgan fingerprint density at radius 2 is 1.04 bits per heavy atom. The number of nitrogens with zero attached hydrogens (tertiary/aromatic N) is 1. The Morgan fingerprint density at radius 3 is 1.54 bits per heavy atom. The molecule has 0 spiro atoms. The maximum Gasteiger partial charge on any atom is 0.362 e. The van der Waals surface area contributed by atoms with E-state index < -0.39 is 18.1 Å².